The Morgan fingerprint density at radius 1 is 1.04 bits per heavy atom. The normalized spacial score (nSPS) is 11.0. The minimum absolute atomic E-state index is 0.0249. The molecule has 3 rings (SSSR count). The van der Waals surface area contributed by atoms with Crippen LogP contribution in [-0.4, -0.2) is 35.4 Å². The zero-order valence-corrected chi connectivity index (χ0v) is 14.0. The van der Waals surface area contributed by atoms with Gasteiger partial charge in [0.15, 0.2) is 17.3 Å². The van der Waals surface area contributed by atoms with Crippen molar-refractivity contribution in [1.82, 2.24) is 4.98 Å². The van der Waals surface area contributed by atoms with Crippen molar-refractivity contribution >= 4 is 28.4 Å². The molecule has 132 valence electrons. The number of phenolic OH excluding ortho intramolecular Hbond substituents is 1. The van der Waals surface area contributed by atoms with Crippen LogP contribution in [0.5, 0.6) is 17.2 Å². The number of hydrogen-bond acceptors (Lipinski definition) is 7. The zero-order chi connectivity index (χ0) is 18.7. The van der Waals surface area contributed by atoms with E-state index in [1.165, 1.54) is 32.4 Å². The van der Waals surface area contributed by atoms with Gasteiger partial charge in [0, 0.05) is 17.5 Å². The number of carbonyl (C=O) groups is 1. The van der Waals surface area contributed by atoms with E-state index in [2.05, 4.69) is 15.2 Å². The number of phenols is 1. The van der Waals surface area contributed by atoms with Crippen LogP contribution in [0.3, 0.4) is 0 Å². The number of methoxy groups -OCH3 is 2. The number of carboxylic acids is 1. The number of carboxylic acid groups (broad SMARTS) is 1. The van der Waals surface area contributed by atoms with E-state index in [4.69, 9.17) is 9.47 Å². The summed E-state index contributed by atoms with van der Waals surface area (Å²) in [6.07, 6.45) is 0. The number of azo groups is 1. The number of aromatic carboxylic acids is 1. The molecule has 0 spiro atoms. The van der Waals surface area contributed by atoms with Crippen molar-refractivity contribution in [3.8, 4) is 17.2 Å². The van der Waals surface area contributed by atoms with E-state index in [0.29, 0.717) is 11.3 Å². The van der Waals surface area contributed by atoms with E-state index in [1.54, 1.807) is 24.3 Å². The first kappa shape index (κ1) is 17.2. The largest absolute Gasteiger partial charge is 0.506 e. The van der Waals surface area contributed by atoms with Gasteiger partial charge in [0.2, 0.25) is 0 Å². The first-order valence-electron chi connectivity index (χ1n) is 7.53. The topological polar surface area (TPSA) is 114 Å². The molecule has 0 aliphatic rings. The van der Waals surface area contributed by atoms with Crippen molar-refractivity contribution in [3.63, 3.8) is 0 Å². The number of hydrogen-bond donors (Lipinski definition) is 2. The fourth-order valence-corrected chi connectivity index (χ4v) is 2.40. The standard InChI is InChI=1S/C18H15N3O5/c1-25-14-8-11(18(23)24)12(9-15(14)26-2)20-21-16-7-6-10-4-3-5-13(22)17(10)19-16/h3-9,22H,1-2H3,(H,23,24). The Morgan fingerprint density at radius 2 is 1.77 bits per heavy atom. The van der Waals surface area contributed by atoms with Gasteiger partial charge in [0.1, 0.15) is 17.0 Å². The van der Waals surface area contributed by atoms with E-state index in [-0.39, 0.29) is 28.6 Å². The van der Waals surface area contributed by atoms with Crippen LogP contribution in [0.15, 0.2) is 52.7 Å². The van der Waals surface area contributed by atoms with Gasteiger partial charge in [-0.15, -0.1) is 10.2 Å². The summed E-state index contributed by atoms with van der Waals surface area (Å²) in [5.41, 5.74) is 0.388. The van der Waals surface area contributed by atoms with Gasteiger partial charge in [-0.2, -0.15) is 0 Å². The van der Waals surface area contributed by atoms with E-state index >= 15 is 0 Å². The molecule has 0 aliphatic heterocycles. The number of benzene rings is 2. The molecule has 0 bridgehead atoms. The van der Waals surface area contributed by atoms with Crippen LogP contribution in [0.2, 0.25) is 0 Å². The Balaban J connectivity index is 2.05. The van der Waals surface area contributed by atoms with Gasteiger partial charge in [0.05, 0.1) is 19.8 Å². The second kappa shape index (κ2) is 7.06. The van der Waals surface area contributed by atoms with E-state index in [1.807, 2.05) is 0 Å². The maximum Gasteiger partial charge on any atom is 0.338 e. The lowest BCUT2D eigenvalue weighted by Crippen LogP contribution is -1.99. The maximum atomic E-state index is 11.5. The molecule has 0 amide bonds. The predicted octanol–water partition coefficient (Wildman–Crippen LogP) is 4.07. The highest BCUT2D eigenvalue weighted by molar-refractivity contribution is 5.94. The number of rotatable bonds is 5. The summed E-state index contributed by atoms with van der Waals surface area (Å²) in [6, 6.07) is 11.1. The summed E-state index contributed by atoms with van der Waals surface area (Å²) in [7, 11) is 2.85. The van der Waals surface area contributed by atoms with Crippen LogP contribution < -0.4 is 9.47 Å². The van der Waals surface area contributed by atoms with Crippen LogP contribution in [-0.2, 0) is 0 Å². The van der Waals surface area contributed by atoms with Crippen LogP contribution >= 0.6 is 0 Å². The number of nitrogens with zero attached hydrogens (tertiary/aromatic N) is 3. The average molecular weight is 353 g/mol. The molecule has 3 aromatic rings. The molecule has 0 unspecified atom stereocenters. The highest BCUT2D eigenvalue weighted by Gasteiger charge is 2.16. The number of pyridine rings is 1. The quantitative estimate of drug-likeness (QED) is 0.668. The second-order valence-corrected chi connectivity index (χ2v) is 5.25. The SMILES string of the molecule is COc1cc(N=Nc2ccc3cccc(O)c3n2)c(C(=O)O)cc1OC. The highest BCUT2D eigenvalue weighted by atomic mass is 16.5. The Morgan fingerprint density at radius 3 is 2.46 bits per heavy atom. The number of para-hydroxylation sites is 1. The molecule has 2 N–H and O–H groups in total. The van der Waals surface area contributed by atoms with Gasteiger partial charge in [-0.05, 0) is 18.2 Å². The number of ether oxygens (including phenoxy) is 2. The minimum atomic E-state index is -1.18. The number of fused-ring (bicyclic) bond motifs is 1. The third-order valence-corrected chi connectivity index (χ3v) is 3.68. The van der Waals surface area contributed by atoms with E-state index < -0.39 is 5.97 Å². The summed E-state index contributed by atoms with van der Waals surface area (Å²) in [5.74, 6) is -0.320. The van der Waals surface area contributed by atoms with Crippen molar-refractivity contribution in [3.05, 3.63) is 48.0 Å². The molecule has 1 heterocycles. The summed E-state index contributed by atoms with van der Waals surface area (Å²) in [6.45, 7) is 0. The van der Waals surface area contributed by atoms with Crippen molar-refractivity contribution < 1.29 is 24.5 Å². The van der Waals surface area contributed by atoms with Crippen molar-refractivity contribution in [2.75, 3.05) is 14.2 Å². The highest BCUT2D eigenvalue weighted by Crippen LogP contribution is 2.35. The van der Waals surface area contributed by atoms with Gasteiger partial charge in [-0.1, -0.05) is 12.1 Å². The van der Waals surface area contributed by atoms with Gasteiger partial charge in [0.25, 0.3) is 0 Å². The zero-order valence-electron chi connectivity index (χ0n) is 14.0. The molecule has 2 aromatic carbocycles. The van der Waals surface area contributed by atoms with Crippen LogP contribution in [0.25, 0.3) is 10.9 Å². The fourth-order valence-electron chi connectivity index (χ4n) is 2.40. The molecule has 8 nitrogen and oxygen atoms in total. The lowest BCUT2D eigenvalue weighted by atomic mass is 10.1. The van der Waals surface area contributed by atoms with Gasteiger partial charge < -0.3 is 19.7 Å². The summed E-state index contributed by atoms with van der Waals surface area (Å²) >= 11 is 0. The molecule has 0 aliphatic carbocycles. The molecule has 0 saturated heterocycles. The Hall–Kier alpha value is -3.68. The molecule has 0 fully saturated rings. The number of aromatic hydroxyl groups is 1. The lowest BCUT2D eigenvalue weighted by molar-refractivity contribution is 0.0697. The van der Waals surface area contributed by atoms with Crippen molar-refractivity contribution in [2.45, 2.75) is 0 Å². The van der Waals surface area contributed by atoms with Gasteiger partial charge >= 0.3 is 5.97 Å². The third-order valence-electron chi connectivity index (χ3n) is 3.68. The predicted molar refractivity (Wildman–Crippen MR) is 94.1 cm³/mol. The molecular weight excluding hydrogens is 338 g/mol. The lowest BCUT2D eigenvalue weighted by Gasteiger charge is -2.09. The fraction of sp³-hybridized carbons (Fsp3) is 0.111. The average Bonchev–Trinajstić information content (AvgIpc) is 2.65. The maximum absolute atomic E-state index is 11.5. The van der Waals surface area contributed by atoms with Crippen LogP contribution in [0.1, 0.15) is 10.4 Å². The number of aromatic nitrogens is 1. The Labute approximate surface area is 148 Å². The molecular formula is C18H15N3O5. The monoisotopic (exact) mass is 353 g/mol. The first-order chi connectivity index (χ1) is 12.5. The van der Waals surface area contributed by atoms with Crippen LogP contribution in [0, 0.1) is 0 Å². The second-order valence-electron chi connectivity index (χ2n) is 5.25. The molecule has 1 aromatic heterocycles. The molecule has 0 saturated carbocycles. The summed E-state index contributed by atoms with van der Waals surface area (Å²) < 4.78 is 10.3. The van der Waals surface area contributed by atoms with Crippen molar-refractivity contribution in [2.24, 2.45) is 10.2 Å². The van der Waals surface area contributed by atoms with Gasteiger partial charge in [-0.3, -0.25) is 0 Å². The van der Waals surface area contributed by atoms with Crippen LogP contribution in [0.4, 0.5) is 11.5 Å². The van der Waals surface area contributed by atoms with E-state index in [0.717, 1.165) is 5.39 Å². The minimum Gasteiger partial charge on any atom is -0.506 e. The van der Waals surface area contributed by atoms with Crippen molar-refractivity contribution in [1.29, 1.82) is 0 Å². The summed E-state index contributed by atoms with van der Waals surface area (Å²) in [4.78, 5) is 15.7. The van der Waals surface area contributed by atoms with Gasteiger partial charge in [-0.25, -0.2) is 9.78 Å². The first-order valence-corrected chi connectivity index (χ1v) is 7.53. The molecule has 0 radical (unpaired) electrons. The Kier molecular flexibility index (Phi) is 4.66. The molecule has 26 heavy (non-hydrogen) atoms. The van der Waals surface area contributed by atoms with E-state index in [9.17, 15) is 15.0 Å². The molecule has 0 atom stereocenters. The third kappa shape index (κ3) is 3.25. The molecule has 8 heteroatoms. The summed E-state index contributed by atoms with van der Waals surface area (Å²) in [5, 5.41) is 28.0. The smallest absolute Gasteiger partial charge is 0.338 e. The Bertz CT molecular complexity index is 1020.